The van der Waals surface area contributed by atoms with Crippen molar-refractivity contribution in [2.45, 2.75) is 0 Å². The molecule has 0 fully saturated rings. The predicted molar refractivity (Wildman–Crippen MR) is 17.1 cm³/mol. The molecule has 0 aliphatic carbocycles. The molecule has 0 aromatic heterocycles. The standard InChI is InChI=1S/2O.Sb.Sn.3H. The second-order valence-corrected chi connectivity index (χ2v) is 0.559. The van der Waals surface area contributed by atoms with Gasteiger partial charge in [0.25, 0.3) is 0 Å². The van der Waals surface area contributed by atoms with Crippen LogP contribution in [0.25, 0.3) is 0 Å². The van der Waals surface area contributed by atoms with E-state index in [1.54, 1.807) is 0 Å². The van der Waals surface area contributed by atoms with Gasteiger partial charge in [-0.25, -0.2) is 0 Å². The summed E-state index contributed by atoms with van der Waals surface area (Å²) in [5.41, 5.74) is 0. The molecule has 4 heavy (non-hydrogen) atoms. The van der Waals surface area contributed by atoms with Crippen molar-refractivity contribution >= 4 is 45.5 Å². The summed E-state index contributed by atoms with van der Waals surface area (Å²) >= 11 is -2.27. The number of rotatable bonds is 0. The topological polar surface area (TPSA) is 34.1 Å². The van der Waals surface area contributed by atoms with Crippen LogP contribution < -0.4 is 0 Å². The second kappa shape index (κ2) is 8.88. The van der Waals surface area contributed by atoms with Gasteiger partial charge < -0.3 is 0 Å². The third kappa shape index (κ3) is 10.7. The summed E-state index contributed by atoms with van der Waals surface area (Å²) in [5.74, 6) is 0. The third-order valence-corrected chi connectivity index (χ3v) is 0. The summed E-state index contributed by atoms with van der Waals surface area (Å²) < 4.78 is 17.1. The van der Waals surface area contributed by atoms with Gasteiger partial charge in [0, 0.05) is 0 Å². The molecule has 0 saturated heterocycles. The van der Waals surface area contributed by atoms with Gasteiger partial charge in [-0.2, -0.15) is 0 Å². The van der Waals surface area contributed by atoms with Gasteiger partial charge in [-0.05, 0) is 0 Å². The zero-order valence-electron chi connectivity index (χ0n) is 2.02. The van der Waals surface area contributed by atoms with Crippen LogP contribution in [-0.2, 0) is 6.15 Å². The van der Waals surface area contributed by atoms with Crippen molar-refractivity contribution in [3.8, 4) is 0 Å². The number of hydrogen-bond acceptors (Lipinski definition) is 2. The van der Waals surface area contributed by atoms with Crippen LogP contribution in [0.1, 0.15) is 0 Å². The van der Waals surface area contributed by atoms with Crippen molar-refractivity contribution in [1.29, 1.82) is 0 Å². The fourth-order valence-electron chi connectivity index (χ4n) is 0. The average Bonchev–Trinajstić information content (AvgIpc) is 0.918. The molecule has 0 aliphatic rings. The summed E-state index contributed by atoms with van der Waals surface area (Å²) in [7, 11) is 0. The molecular formula is H3O2SbSn. The van der Waals surface area contributed by atoms with Crippen molar-refractivity contribution < 1.29 is 6.15 Å². The molecule has 4 heteroatoms. The molecule has 0 heterocycles. The van der Waals surface area contributed by atoms with Gasteiger partial charge in [0.1, 0.15) is 0 Å². The van der Waals surface area contributed by atoms with Crippen LogP contribution in [0.15, 0.2) is 0 Å². The quantitative estimate of drug-likeness (QED) is 0.489. The fraction of sp³-hybridized carbons (Fsp3) is 0. The van der Waals surface area contributed by atoms with E-state index in [4.69, 9.17) is 6.15 Å². The Morgan fingerprint density at radius 1 is 1.25 bits per heavy atom. The van der Waals surface area contributed by atoms with Gasteiger partial charge in [0.15, 0.2) is 0 Å². The van der Waals surface area contributed by atoms with E-state index in [-0.39, 0.29) is 24.4 Å². The summed E-state index contributed by atoms with van der Waals surface area (Å²) in [6, 6.07) is 0. The first-order chi connectivity index (χ1) is 1.41. The summed E-state index contributed by atoms with van der Waals surface area (Å²) in [4.78, 5) is 0. The second-order valence-electron chi connectivity index (χ2n) is 0.0833. The van der Waals surface area contributed by atoms with Crippen molar-refractivity contribution in [2.24, 2.45) is 0 Å². The Hall–Kier alpha value is 1.22. The molecule has 0 aromatic rings. The third-order valence-electron chi connectivity index (χ3n) is 0. The van der Waals surface area contributed by atoms with E-state index in [0.29, 0.717) is 0 Å². The predicted octanol–water partition coefficient (Wildman–Crippen LogP) is -1.80. The molecule has 0 atom stereocenters. The molecule has 24 valence electrons. The first-order valence-electron chi connectivity index (χ1n) is 0.408. The zero-order chi connectivity index (χ0) is 2.71. The Labute approximate surface area is 51.4 Å². The van der Waals surface area contributed by atoms with Crippen LogP contribution in [0, 0.1) is 0 Å². The number of hydrogen-bond donors (Lipinski definition) is 0. The van der Waals surface area contributed by atoms with Crippen LogP contribution in [0.5, 0.6) is 0 Å². The van der Waals surface area contributed by atoms with Crippen molar-refractivity contribution in [2.75, 3.05) is 0 Å². The monoisotopic (exact) mass is 276 g/mol. The SMILES string of the molecule is [O]=[Sn]=[O].[SbH3]. The summed E-state index contributed by atoms with van der Waals surface area (Å²) in [6.07, 6.45) is 0. The molecular weight excluding hydrogens is 272 g/mol. The fourth-order valence-corrected chi connectivity index (χ4v) is 0. The Kier molecular flexibility index (Phi) is 19.9. The molecule has 0 unspecified atom stereocenters. The molecule has 0 saturated carbocycles. The van der Waals surface area contributed by atoms with Gasteiger partial charge >= 0.3 is 51.7 Å². The normalized spacial score (nSPS) is 2.00. The van der Waals surface area contributed by atoms with E-state index in [1.807, 2.05) is 0 Å². The Bertz CT molecular complexity index is 27.0. The Morgan fingerprint density at radius 3 is 1.25 bits per heavy atom. The summed E-state index contributed by atoms with van der Waals surface area (Å²) in [5, 5.41) is 0. The van der Waals surface area contributed by atoms with E-state index < -0.39 is 21.1 Å². The van der Waals surface area contributed by atoms with Gasteiger partial charge in [-0.1, -0.05) is 0 Å². The van der Waals surface area contributed by atoms with Gasteiger partial charge in [-0.15, -0.1) is 0 Å². The van der Waals surface area contributed by atoms with Crippen molar-refractivity contribution in [1.82, 2.24) is 0 Å². The van der Waals surface area contributed by atoms with Crippen LogP contribution in [0.4, 0.5) is 0 Å². The Morgan fingerprint density at radius 2 is 1.25 bits per heavy atom. The molecule has 0 aliphatic heterocycles. The molecule has 0 radical (unpaired) electrons. The van der Waals surface area contributed by atoms with E-state index in [2.05, 4.69) is 0 Å². The van der Waals surface area contributed by atoms with Crippen LogP contribution in [0.3, 0.4) is 0 Å². The molecule has 0 amide bonds. The van der Waals surface area contributed by atoms with E-state index in [0.717, 1.165) is 0 Å². The van der Waals surface area contributed by atoms with E-state index in [1.165, 1.54) is 0 Å². The molecule has 0 spiro atoms. The maximum atomic E-state index is 8.54. The van der Waals surface area contributed by atoms with Gasteiger partial charge in [-0.3, -0.25) is 0 Å². The molecule has 0 N–H and O–H groups in total. The molecule has 0 rings (SSSR count). The first-order valence-corrected chi connectivity index (χ1v) is 2.74. The average molecular weight is 275 g/mol. The van der Waals surface area contributed by atoms with Gasteiger partial charge in [0.05, 0.1) is 0 Å². The van der Waals surface area contributed by atoms with Crippen LogP contribution in [-0.4, -0.2) is 45.5 Å². The van der Waals surface area contributed by atoms with Gasteiger partial charge in [0.2, 0.25) is 0 Å². The minimum atomic E-state index is -2.27. The minimum absolute atomic E-state index is 0. The van der Waals surface area contributed by atoms with Crippen molar-refractivity contribution in [3.63, 3.8) is 0 Å². The zero-order valence-corrected chi connectivity index (χ0v) is 8.91. The van der Waals surface area contributed by atoms with Crippen LogP contribution in [0.2, 0.25) is 0 Å². The first kappa shape index (κ1) is 8.96. The maximum absolute atomic E-state index is 8.54. The van der Waals surface area contributed by atoms with Crippen molar-refractivity contribution in [3.05, 3.63) is 0 Å². The molecule has 2 nitrogen and oxygen atoms in total. The van der Waals surface area contributed by atoms with Crippen LogP contribution >= 0.6 is 0 Å². The van der Waals surface area contributed by atoms with E-state index >= 15 is 0 Å². The Balaban J connectivity index is 0. The molecule has 0 aromatic carbocycles. The summed E-state index contributed by atoms with van der Waals surface area (Å²) in [6.45, 7) is 0. The molecule has 0 bridgehead atoms. The van der Waals surface area contributed by atoms with E-state index in [9.17, 15) is 0 Å².